The van der Waals surface area contributed by atoms with Crippen molar-refractivity contribution in [2.45, 2.75) is 63.6 Å². The molecule has 40 heavy (non-hydrogen) atoms. The summed E-state index contributed by atoms with van der Waals surface area (Å²) < 4.78 is 33.6. The van der Waals surface area contributed by atoms with Crippen LogP contribution in [0.1, 0.15) is 57.8 Å². The Morgan fingerprint density at radius 3 is 1.10 bits per heavy atom. The molecule has 6 aliphatic rings. The second-order valence-corrected chi connectivity index (χ2v) is 11.4. The molecule has 0 amide bonds. The van der Waals surface area contributed by atoms with Gasteiger partial charge in [0.05, 0.1) is 74.8 Å². The summed E-state index contributed by atoms with van der Waals surface area (Å²) in [6, 6.07) is 0. The van der Waals surface area contributed by atoms with E-state index in [0.29, 0.717) is 13.2 Å². The number of rotatable bonds is 4. The minimum Gasteiger partial charge on any atom is -0.466 e. The molecule has 0 unspecified atom stereocenters. The van der Waals surface area contributed by atoms with Crippen LogP contribution in [0.4, 0.5) is 0 Å². The van der Waals surface area contributed by atoms with Gasteiger partial charge in [-0.25, -0.2) is 19.2 Å². The van der Waals surface area contributed by atoms with Crippen molar-refractivity contribution in [3.05, 3.63) is 44.6 Å². The van der Waals surface area contributed by atoms with Crippen LogP contribution in [0.15, 0.2) is 44.6 Å². The molecule has 1 heterocycles. The number of hydrogen-bond acceptors (Lipinski definition) is 10. The molecule has 0 bridgehead atoms. The maximum Gasteiger partial charge on any atom is 0.334 e. The van der Waals surface area contributed by atoms with Gasteiger partial charge in [-0.05, 0) is 12.8 Å². The zero-order chi connectivity index (χ0) is 28.4. The largest absolute Gasteiger partial charge is 0.466 e. The standard InChI is InChI=1S/C30H34O10/c1-35-24(31)16-10-20-21(11-17(16)25(32)36-2)30-15-40-28(8-6-5-7-9-28)39-14-29(20,30)22-12-18(26(33)37-3)19(13-23(22)30)27(34)38-4/h5-15H2,1-4H3. The molecule has 0 aromatic heterocycles. The summed E-state index contributed by atoms with van der Waals surface area (Å²) in [4.78, 5) is 51.4. The average Bonchev–Trinajstić information content (AvgIpc) is 3.07. The summed E-state index contributed by atoms with van der Waals surface area (Å²) in [5, 5.41) is 0. The molecule has 0 N–H and O–H groups in total. The Morgan fingerprint density at radius 1 is 0.525 bits per heavy atom. The fraction of sp³-hybridized carbons (Fsp3) is 0.600. The molecule has 0 atom stereocenters. The number of hydrogen-bond donors (Lipinski definition) is 0. The lowest BCUT2D eigenvalue weighted by molar-refractivity contribution is -0.244. The zero-order valence-corrected chi connectivity index (χ0v) is 23.4. The Morgan fingerprint density at radius 2 is 0.825 bits per heavy atom. The highest BCUT2D eigenvalue weighted by molar-refractivity contribution is 6.04. The first kappa shape index (κ1) is 27.0. The van der Waals surface area contributed by atoms with Crippen molar-refractivity contribution in [1.82, 2.24) is 0 Å². The van der Waals surface area contributed by atoms with Crippen molar-refractivity contribution in [2.24, 2.45) is 10.8 Å². The van der Waals surface area contributed by atoms with Crippen molar-refractivity contribution < 1.29 is 47.6 Å². The van der Waals surface area contributed by atoms with Gasteiger partial charge < -0.3 is 28.4 Å². The Kier molecular flexibility index (Phi) is 6.34. The van der Waals surface area contributed by atoms with Gasteiger partial charge in [-0.15, -0.1) is 0 Å². The molecule has 10 nitrogen and oxygen atoms in total. The lowest BCUT2D eigenvalue weighted by Crippen LogP contribution is -2.68. The van der Waals surface area contributed by atoms with Gasteiger partial charge in [0.15, 0.2) is 5.79 Å². The van der Waals surface area contributed by atoms with E-state index in [0.717, 1.165) is 54.4 Å². The first-order valence-corrected chi connectivity index (χ1v) is 13.7. The monoisotopic (exact) mass is 554 g/mol. The van der Waals surface area contributed by atoms with Gasteiger partial charge >= 0.3 is 23.9 Å². The van der Waals surface area contributed by atoms with E-state index in [1.165, 1.54) is 28.4 Å². The number of methoxy groups -OCH3 is 4. The Labute approximate surface area is 232 Å². The van der Waals surface area contributed by atoms with Gasteiger partial charge in [0.25, 0.3) is 0 Å². The van der Waals surface area contributed by atoms with Crippen LogP contribution in [0.2, 0.25) is 0 Å². The van der Waals surface area contributed by atoms with Crippen molar-refractivity contribution >= 4 is 23.9 Å². The zero-order valence-electron chi connectivity index (χ0n) is 23.4. The highest BCUT2D eigenvalue weighted by atomic mass is 16.7. The summed E-state index contributed by atoms with van der Waals surface area (Å²) in [5.41, 5.74) is 3.86. The Bertz CT molecular complexity index is 1180. The third-order valence-corrected chi connectivity index (χ3v) is 10.1. The number of ether oxygens (including phenoxy) is 6. The molecule has 0 radical (unpaired) electrons. The molecule has 6 rings (SSSR count). The summed E-state index contributed by atoms with van der Waals surface area (Å²) in [7, 11) is 5.17. The molecular formula is C30H34O10. The molecule has 1 saturated heterocycles. The van der Waals surface area contributed by atoms with E-state index in [1.54, 1.807) is 0 Å². The maximum absolute atomic E-state index is 12.9. The lowest BCUT2D eigenvalue weighted by atomic mass is 9.31. The van der Waals surface area contributed by atoms with Crippen LogP contribution in [-0.2, 0) is 47.6 Å². The van der Waals surface area contributed by atoms with E-state index >= 15 is 0 Å². The predicted octanol–water partition coefficient (Wildman–Crippen LogP) is 3.16. The molecular weight excluding hydrogens is 520 g/mol. The van der Waals surface area contributed by atoms with Crippen LogP contribution in [-0.4, -0.2) is 71.3 Å². The normalized spacial score (nSPS) is 30.1. The molecule has 2 fully saturated rings. The van der Waals surface area contributed by atoms with Gasteiger partial charge in [0.2, 0.25) is 0 Å². The van der Waals surface area contributed by atoms with E-state index in [4.69, 9.17) is 28.4 Å². The van der Waals surface area contributed by atoms with Crippen LogP contribution in [0.5, 0.6) is 0 Å². The van der Waals surface area contributed by atoms with Crippen molar-refractivity contribution in [2.75, 3.05) is 41.7 Å². The van der Waals surface area contributed by atoms with Crippen molar-refractivity contribution in [1.29, 1.82) is 0 Å². The average molecular weight is 555 g/mol. The second kappa shape index (κ2) is 9.41. The Hall–Kier alpha value is -3.24. The van der Waals surface area contributed by atoms with E-state index in [2.05, 4.69) is 0 Å². The minimum absolute atomic E-state index is 0.211. The molecule has 1 saturated carbocycles. The summed E-state index contributed by atoms with van der Waals surface area (Å²) in [6.45, 7) is 0.656. The fourth-order valence-corrected chi connectivity index (χ4v) is 8.23. The number of carbonyl (C=O) groups excluding carboxylic acids is 4. The molecule has 214 valence electrons. The summed E-state index contributed by atoms with van der Waals surface area (Å²) in [6.07, 6.45) is 5.54. The first-order valence-electron chi connectivity index (χ1n) is 13.7. The van der Waals surface area contributed by atoms with Crippen LogP contribution in [0, 0.1) is 10.8 Å². The molecule has 1 aliphatic heterocycles. The Balaban J connectivity index is 1.47. The summed E-state index contributed by atoms with van der Waals surface area (Å²) >= 11 is 0. The molecule has 5 aliphatic carbocycles. The predicted molar refractivity (Wildman–Crippen MR) is 137 cm³/mol. The topological polar surface area (TPSA) is 124 Å². The SMILES string of the molecule is COC(=O)C1=C(C(=O)OC)CC2=C(C1)C13COC4(CCCCC4)OCC21C1=C3CC(C(=O)OC)=C(C(=O)OC)C1. The van der Waals surface area contributed by atoms with Crippen molar-refractivity contribution in [3.63, 3.8) is 0 Å². The van der Waals surface area contributed by atoms with Gasteiger partial charge in [-0.2, -0.15) is 0 Å². The van der Waals surface area contributed by atoms with Gasteiger partial charge in [-0.3, -0.25) is 0 Å². The van der Waals surface area contributed by atoms with Gasteiger partial charge in [0.1, 0.15) is 0 Å². The van der Waals surface area contributed by atoms with Crippen LogP contribution in [0.25, 0.3) is 0 Å². The number of carbonyl (C=O) groups is 4. The lowest BCUT2D eigenvalue weighted by Gasteiger charge is -2.72. The van der Waals surface area contributed by atoms with Crippen LogP contribution >= 0.6 is 0 Å². The smallest absolute Gasteiger partial charge is 0.334 e. The molecule has 1 spiro atoms. The maximum atomic E-state index is 12.9. The van der Waals surface area contributed by atoms with Crippen LogP contribution < -0.4 is 0 Å². The molecule has 0 aromatic carbocycles. The third-order valence-electron chi connectivity index (χ3n) is 10.1. The molecule has 10 heteroatoms. The van der Waals surface area contributed by atoms with Gasteiger partial charge in [0, 0.05) is 38.5 Å². The van der Waals surface area contributed by atoms with E-state index in [-0.39, 0.29) is 48.0 Å². The second-order valence-electron chi connectivity index (χ2n) is 11.4. The molecule has 0 aromatic rings. The van der Waals surface area contributed by atoms with Crippen LogP contribution in [0.3, 0.4) is 0 Å². The van der Waals surface area contributed by atoms with E-state index in [1.807, 2.05) is 0 Å². The first-order chi connectivity index (χ1) is 19.2. The summed E-state index contributed by atoms with van der Waals surface area (Å²) in [5.74, 6) is -3.00. The highest BCUT2D eigenvalue weighted by Gasteiger charge is 2.77. The quantitative estimate of drug-likeness (QED) is 0.291. The third kappa shape index (κ3) is 3.29. The number of esters is 4. The van der Waals surface area contributed by atoms with E-state index in [9.17, 15) is 19.2 Å². The van der Waals surface area contributed by atoms with Gasteiger partial charge in [-0.1, -0.05) is 28.7 Å². The fourth-order valence-electron chi connectivity index (χ4n) is 8.23. The van der Waals surface area contributed by atoms with Crippen molar-refractivity contribution in [3.8, 4) is 0 Å². The minimum atomic E-state index is -0.706. The highest BCUT2D eigenvalue weighted by Crippen LogP contribution is 2.81. The van der Waals surface area contributed by atoms with E-state index < -0.39 is 40.5 Å².